The van der Waals surface area contributed by atoms with Crippen LogP contribution in [0.25, 0.3) is 0 Å². The Morgan fingerprint density at radius 3 is 2.33 bits per heavy atom. The Bertz CT molecular complexity index is 349. The van der Waals surface area contributed by atoms with Crippen molar-refractivity contribution >= 4 is 15.9 Å². The highest BCUT2D eigenvalue weighted by Crippen LogP contribution is 2.54. The molecule has 0 heterocycles. The second-order valence-electron chi connectivity index (χ2n) is 5.14. The SMILES string of the molecule is CC(O)(Cc1ccc(Br)cc1)C1(C)CC1. The molecular weight excluding hydrogens is 252 g/mol. The lowest BCUT2D eigenvalue weighted by Gasteiger charge is -2.30. The molecule has 0 aliphatic heterocycles. The van der Waals surface area contributed by atoms with Crippen LogP contribution in [0.4, 0.5) is 0 Å². The van der Waals surface area contributed by atoms with Gasteiger partial charge >= 0.3 is 0 Å². The summed E-state index contributed by atoms with van der Waals surface area (Å²) in [4.78, 5) is 0. The van der Waals surface area contributed by atoms with Gasteiger partial charge in [0.05, 0.1) is 5.60 Å². The van der Waals surface area contributed by atoms with Crippen LogP contribution < -0.4 is 0 Å². The maximum atomic E-state index is 10.4. The first-order chi connectivity index (χ1) is 6.93. The first-order valence-electron chi connectivity index (χ1n) is 5.40. The summed E-state index contributed by atoms with van der Waals surface area (Å²) in [6, 6.07) is 8.20. The summed E-state index contributed by atoms with van der Waals surface area (Å²) in [6.07, 6.45) is 3.05. The number of halogens is 1. The summed E-state index contributed by atoms with van der Waals surface area (Å²) in [5.74, 6) is 0. The lowest BCUT2D eigenvalue weighted by Crippen LogP contribution is -2.36. The van der Waals surface area contributed by atoms with Crippen molar-refractivity contribution in [2.24, 2.45) is 5.41 Å². The predicted molar refractivity (Wildman–Crippen MR) is 65.8 cm³/mol. The van der Waals surface area contributed by atoms with Crippen molar-refractivity contribution in [3.8, 4) is 0 Å². The van der Waals surface area contributed by atoms with Crippen molar-refractivity contribution in [3.63, 3.8) is 0 Å². The molecule has 0 saturated heterocycles. The van der Waals surface area contributed by atoms with Gasteiger partial charge in [0.15, 0.2) is 0 Å². The van der Waals surface area contributed by atoms with Crippen molar-refractivity contribution in [2.45, 2.75) is 38.7 Å². The van der Waals surface area contributed by atoms with E-state index in [0.29, 0.717) is 0 Å². The molecule has 1 nitrogen and oxygen atoms in total. The van der Waals surface area contributed by atoms with Gasteiger partial charge in [-0.05, 0) is 42.9 Å². The van der Waals surface area contributed by atoms with E-state index in [2.05, 4.69) is 35.0 Å². The van der Waals surface area contributed by atoms with E-state index >= 15 is 0 Å². The fourth-order valence-electron chi connectivity index (χ4n) is 1.94. The van der Waals surface area contributed by atoms with Gasteiger partial charge in [-0.15, -0.1) is 0 Å². The van der Waals surface area contributed by atoms with Crippen LogP contribution in [-0.2, 0) is 6.42 Å². The molecule has 0 amide bonds. The van der Waals surface area contributed by atoms with Crippen LogP contribution in [0.1, 0.15) is 32.3 Å². The zero-order chi connectivity index (χ0) is 11.1. The topological polar surface area (TPSA) is 20.2 Å². The molecule has 0 radical (unpaired) electrons. The van der Waals surface area contributed by atoms with E-state index in [-0.39, 0.29) is 5.41 Å². The number of aliphatic hydroxyl groups is 1. The lowest BCUT2D eigenvalue weighted by atomic mass is 9.82. The maximum Gasteiger partial charge on any atom is 0.0713 e. The summed E-state index contributed by atoms with van der Waals surface area (Å²) in [6.45, 7) is 4.13. The molecule has 0 spiro atoms. The van der Waals surface area contributed by atoms with E-state index in [0.717, 1.165) is 23.7 Å². The predicted octanol–water partition coefficient (Wildman–Crippen LogP) is 3.54. The molecule has 1 aliphatic carbocycles. The molecule has 2 rings (SSSR count). The number of hydrogen-bond donors (Lipinski definition) is 1. The van der Waals surface area contributed by atoms with Gasteiger partial charge in [-0.25, -0.2) is 0 Å². The fourth-order valence-corrected chi connectivity index (χ4v) is 2.20. The first-order valence-corrected chi connectivity index (χ1v) is 6.19. The molecule has 0 aromatic heterocycles. The Hall–Kier alpha value is -0.340. The van der Waals surface area contributed by atoms with E-state index in [4.69, 9.17) is 0 Å². The molecule has 1 N–H and O–H groups in total. The van der Waals surface area contributed by atoms with Crippen LogP contribution in [0.3, 0.4) is 0 Å². The molecule has 15 heavy (non-hydrogen) atoms. The summed E-state index contributed by atoms with van der Waals surface area (Å²) >= 11 is 3.41. The quantitative estimate of drug-likeness (QED) is 0.889. The third-order valence-electron chi connectivity index (χ3n) is 3.76. The Balaban J connectivity index is 2.11. The Kier molecular flexibility index (Phi) is 2.68. The van der Waals surface area contributed by atoms with Gasteiger partial charge in [-0.1, -0.05) is 35.0 Å². The first kappa shape index (κ1) is 11.2. The third kappa shape index (κ3) is 2.26. The summed E-state index contributed by atoms with van der Waals surface area (Å²) in [5, 5.41) is 10.4. The highest BCUT2D eigenvalue weighted by molar-refractivity contribution is 9.10. The van der Waals surface area contributed by atoms with Gasteiger partial charge in [0.25, 0.3) is 0 Å². The minimum atomic E-state index is -0.569. The molecule has 0 bridgehead atoms. The van der Waals surface area contributed by atoms with E-state index in [9.17, 15) is 5.11 Å². The molecule has 1 aromatic carbocycles. The van der Waals surface area contributed by atoms with Gasteiger partial charge in [-0.2, -0.15) is 0 Å². The van der Waals surface area contributed by atoms with Crippen molar-refractivity contribution < 1.29 is 5.11 Å². The summed E-state index contributed by atoms with van der Waals surface area (Å²) in [7, 11) is 0. The minimum Gasteiger partial charge on any atom is -0.389 e. The van der Waals surface area contributed by atoms with Crippen molar-refractivity contribution in [1.82, 2.24) is 0 Å². The van der Waals surface area contributed by atoms with Crippen LogP contribution in [0.5, 0.6) is 0 Å². The Morgan fingerprint density at radius 1 is 1.33 bits per heavy atom. The molecule has 1 atom stereocenters. The van der Waals surface area contributed by atoms with Crippen LogP contribution >= 0.6 is 15.9 Å². The Labute approximate surface area is 99.6 Å². The molecule has 82 valence electrons. The highest BCUT2D eigenvalue weighted by atomic mass is 79.9. The molecule has 1 aromatic rings. The number of hydrogen-bond acceptors (Lipinski definition) is 1. The van der Waals surface area contributed by atoms with Gasteiger partial charge in [-0.3, -0.25) is 0 Å². The molecule has 1 fully saturated rings. The zero-order valence-corrected chi connectivity index (χ0v) is 10.8. The van der Waals surface area contributed by atoms with Gasteiger partial charge < -0.3 is 5.11 Å². The van der Waals surface area contributed by atoms with Crippen molar-refractivity contribution in [2.75, 3.05) is 0 Å². The number of rotatable bonds is 3. The summed E-state index contributed by atoms with van der Waals surface area (Å²) in [5.41, 5.74) is 0.775. The van der Waals surface area contributed by atoms with E-state index in [1.54, 1.807) is 0 Å². The molecular formula is C13H17BrO. The van der Waals surface area contributed by atoms with Gasteiger partial charge in [0, 0.05) is 10.9 Å². The van der Waals surface area contributed by atoms with Gasteiger partial charge in [0.1, 0.15) is 0 Å². The van der Waals surface area contributed by atoms with E-state index < -0.39 is 5.60 Å². The smallest absolute Gasteiger partial charge is 0.0713 e. The molecule has 2 heteroatoms. The standard InChI is InChI=1S/C13H17BrO/c1-12(7-8-12)13(2,15)9-10-3-5-11(14)6-4-10/h3-6,15H,7-9H2,1-2H3. The second-order valence-corrected chi connectivity index (χ2v) is 6.05. The van der Waals surface area contributed by atoms with Crippen LogP contribution in [0, 0.1) is 5.41 Å². The van der Waals surface area contributed by atoms with Gasteiger partial charge in [0.2, 0.25) is 0 Å². The monoisotopic (exact) mass is 268 g/mol. The van der Waals surface area contributed by atoms with E-state index in [1.165, 1.54) is 5.56 Å². The second kappa shape index (κ2) is 3.60. The molecule has 1 unspecified atom stereocenters. The van der Waals surface area contributed by atoms with E-state index in [1.807, 2.05) is 19.1 Å². The van der Waals surface area contributed by atoms with Crippen LogP contribution in [-0.4, -0.2) is 10.7 Å². The van der Waals surface area contributed by atoms with Crippen molar-refractivity contribution in [1.29, 1.82) is 0 Å². The maximum absolute atomic E-state index is 10.4. The average molecular weight is 269 g/mol. The largest absolute Gasteiger partial charge is 0.389 e. The molecule has 1 saturated carbocycles. The summed E-state index contributed by atoms with van der Waals surface area (Å²) < 4.78 is 1.09. The third-order valence-corrected chi connectivity index (χ3v) is 4.29. The van der Waals surface area contributed by atoms with Crippen molar-refractivity contribution in [3.05, 3.63) is 34.3 Å². The number of benzene rings is 1. The molecule has 1 aliphatic rings. The van der Waals surface area contributed by atoms with Crippen LogP contribution in [0.2, 0.25) is 0 Å². The van der Waals surface area contributed by atoms with Crippen LogP contribution in [0.15, 0.2) is 28.7 Å². The fraction of sp³-hybridized carbons (Fsp3) is 0.538. The Morgan fingerprint density at radius 2 is 1.87 bits per heavy atom. The lowest BCUT2D eigenvalue weighted by molar-refractivity contribution is -0.00702. The average Bonchev–Trinajstić information content (AvgIpc) is 2.89. The zero-order valence-electron chi connectivity index (χ0n) is 9.26. The normalized spacial score (nSPS) is 22.1. The minimum absolute atomic E-state index is 0.139. The highest BCUT2D eigenvalue weighted by Gasteiger charge is 2.51.